The zero-order chi connectivity index (χ0) is 16.0. The SMILES string of the molecule is c1ccc(C2(c3ccccc3)CN3CCCC34CCCN4C2)cc1. The first-order valence-electron chi connectivity index (χ1n) is 9.45. The van der Waals surface area contributed by atoms with Crippen molar-refractivity contribution in [3.05, 3.63) is 71.8 Å². The summed E-state index contributed by atoms with van der Waals surface area (Å²) in [5, 5.41) is 0. The van der Waals surface area contributed by atoms with E-state index in [0.29, 0.717) is 5.66 Å². The Morgan fingerprint density at radius 3 is 1.54 bits per heavy atom. The Bertz CT molecular complexity index is 646. The summed E-state index contributed by atoms with van der Waals surface area (Å²) in [4.78, 5) is 5.65. The van der Waals surface area contributed by atoms with Crippen LogP contribution in [0.3, 0.4) is 0 Å². The van der Waals surface area contributed by atoms with Gasteiger partial charge >= 0.3 is 0 Å². The van der Waals surface area contributed by atoms with Crippen LogP contribution in [0.1, 0.15) is 36.8 Å². The fourth-order valence-corrected chi connectivity index (χ4v) is 5.68. The maximum Gasteiger partial charge on any atom is 0.0739 e. The number of hydrogen-bond acceptors (Lipinski definition) is 2. The fraction of sp³-hybridized carbons (Fsp3) is 0.455. The molecular formula is C22H26N2. The van der Waals surface area contributed by atoms with Gasteiger partial charge in [-0.2, -0.15) is 0 Å². The maximum absolute atomic E-state index is 2.82. The zero-order valence-corrected chi connectivity index (χ0v) is 14.3. The van der Waals surface area contributed by atoms with Gasteiger partial charge in [-0.05, 0) is 36.8 Å². The van der Waals surface area contributed by atoms with Crippen molar-refractivity contribution in [2.75, 3.05) is 26.2 Å². The molecule has 3 aliphatic heterocycles. The Hall–Kier alpha value is -1.64. The predicted octanol–water partition coefficient (Wildman–Crippen LogP) is 3.87. The molecule has 3 heterocycles. The van der Waals surface area contributed by atoms with Gasteiger partial charge in [-0.1, -0.05) is 60.7 Å². The van der Waals surface area contributed by atoms with Gasteiger partial charge in [0, 0.05) is 31.6 Å². The second kappa shape index (κ2) is 5.44. The molecule has 0 aliphatic carbocycles. The summed E-state index contributed by atoms with van der Waals surface area (Å²) >= 11 is 0. The predicted molar refractivity (Wildman–Crippen MR) is 98.0 cm³/mol. The molecule has 0 bridgehead atoms. The first kappa shape index (κ1) is 14.7. The molecule has 0 aromatic heterocycles. The van der Waals surface area contributed by atoms with Crippen LogP contribution in [0.2, 0.25) is 0 Å². The van der Waals surface area contributed by atoms with Crippen molar-refractivity contribution in [3.8, 4) is 0 Å². The standard InChI is InChI=1S/C22H26N2/c1-3-9-19(10-4-1)21(20-11-5-2-6-12-20)17-23-15-7-13-22(23)14-8-16-24(22)18-21/h1-6,9-12H,7-8,13-18H2. The van der Waals surface area contributed by atoms with E-state index in [9.17, 15) is 0 Å². The zero-order valence-electron chi connectivity index (χ0n) is 14.3. The fourth-order valence-electron chi connectivity index (χ4n) is 5.68. The average molecular weight is 318 g/mol. The first-order valence-corrected chi connectivity index (χ1v) is 9.45. The van der Waals surface area contributed by atoms with Gasteiger partial charge in [0.15, 0.2) is 0 Å². The van der Waals surface area contributed by atoms with E-state index in [2.05, 4.69) is 70.5 Å². The Morgan fingerprint density at radius 2 is 1.08 bits per heavy atom. The molecule has 0 unspecified atom stereocenters. The van der Waals surface area contributed by atoms with Crippen molar-refractivity contribution in [2.24, 2.45) is 0 Å². The summed E-state index contributed by atoms with van der Waals surface area (Å²) in [7, 11) is 0. The Morgan fingerprint density at radius 1 is 0.625 bits per heavy atom. The van der Waals surface area contributed by atoms with E-state index in [1.165, 1.54) is 49.9 Å². The van der Waals surface area contributed by atoms with Crippen molar-refractivity contribution in [3.63, 3.8) is 0 Å². The molecule has 2 heteroatoms. The molecule has 0 atom stereocenters. The van der Waals surface area contributed by atoms with Crippen molar-refractivity contribution < 1.29 is 0 Å². The first-order chi connectivity index (χ1) is 11.8. The highest BCUT2D eigenvalue weighted by molar-refractivity contribution is 5.42. The van der Waals surface area contributed by atoms with E-state index in [0.717, 1.165) is 13.1 Å². The molecule has 124 valence electrons. The van der Waals surface area contributed by atoms with Crippen LogP contribution in [0, 0.1) is 0 Å². The second-order valence-electron chi connectivity index (χ2n) is 7.85. The highest BCUT2D eigenvalue weighted by atomic mass is 15.5. The Balaban J connectivity index is 1.66. The lowest BCUT2D eigenvalue weighted by Gasteiger charge is -2.55. The van der Waals surface area contributed by atoms with E-state index in [-0.39, 0.29) is 5.41 Å². The quantitative estimate of drug-likeness (QED) is 0.829. The smallest absolute Gasteiger partial charge is 0.0739 e. The van der Waals surface area contributed by atoms with Crippen LogP contribution < -0.4 is 0 Å². The van der Waals surface area contributed by atoms with Gasteiger partial charge in [-0.15, -0.1) is 0 Å². The van der Waals surface area contributed by atoms with E-state index in [1.54, 1.807) is 0 Å². The summed E-state index contributed by atoms with van der Waals surface area (Å²) < 4.78 is 0. The van der Waals surface area contributed by atoms with Gasteiger partial charge in [-0.3, -0.25) is 9.80 Å². The third-order valence-corrected chi connectivity index (χ3v) is 6.76. The second-order valence-corrected chi connectivity index (χ2v) is 7.85. The number of rotatable bonds is 2. The van der Waals surface area contributed by atoms with Crippen LogP contribution in [0.4, 0.5) is 0 Å². The molecule has 3 aliphatic rings. The van der Waals surface area contributed by atoms with E-state index in [1.807, 2.05) is 0 Å². The third-order valence-electron chi connectivity index (χ3n) is 6.76. The molecule has 2 nitrogen and oxygen atoms in total. The van der Waals surface area contributed by atoms with Gasteiger partial charge in [0.05, 0.1) is 5.66 Å². The molecule has 24 heavy (non-hydrogen) atoms. The van der Waals surface area contributed by atoms with Crippen molar-refractivity contribution in [1.82, 2.24) is 9.80 Å². The van der Waals surface area contributed by atoms with E-state index >= 15 is 0 Å². The molecule has 2 aromatic carbocycles. The van der Waals surface area contributed by atoms with Crippen LogP contribution in [0.25, 0.3) is 0 Å². The van der Waals surface area contributed by atoms with Crippen LogP contribution in [0.5, 0.6) is 0 Å². The minimum absolute atomic E-state index is 0.0979. The maximum atomic E-state index is 2.82. The van der Waals surface area contributed by atoms with Gasteiger partial charge in [0.25, 0.3) is 0 Å². The minimum atomic E-state index is 0.0979. The summed E-state index contributed by atoms with van der Waals surface area (Å²) in [5.74, 6) is 0. The van der Waals surface area contributed by atoms with Crippen LogP contribution in [-0.4, -0.2) is 41.6 Å². The summed E-state index contributed by atoms with van der Waals surface area (Å²) in [6.07, 6.45) is 5.45. The van der Waals surface area contributed by atoms with Crippen LogP contribution in [0.15, 0.2) is 60.7 Å². The number of benzene rings is 2. The molecule has 5 rings (SSSR count). The highest BCUT2D eigenvalue weighted by Gasteiger charge is 2.56. The molecule has 1 spiro atoms. The highest BCUT2D eigenvalue weighted by Crippen LogP contribution is 2.50. The lowest BCUT2D eigenvalue weighted by Crippen LogP contribution is -2.66. The number of hydrogen-bond donors (Lipinski definition) is 0. The summed E-state index contributed by atoms with van der Waals surface area (Å²) in [6.45, 7) is 4.85. The van der Waals surface area contributed by atoms with Crippen molar-refractivity contribution in [2.45, 2.75) is 36.8 Å². The Labute approximate surface area is 145 Å². The molecule has 0 saturated carbocycles. The molecule has 2 aromatic rings. The summed E-state index contributed by atoms with van der Waals surface area (Å²) in [5.41, 5.74) is 3.43. The average Bonchev–Trinajstić information content (AvgIpc) is 3.25. The molecule has 3 fully saturated rings. The van der Waals surface area contributed by atoms with Gasteiger partial charge in [-0.25, -0.2) is 0 Å². The molecular weight excluding hydrogens is 292 g/mol. The molecule has 3 saturated heterocycles. The number of nitrogens with zero attached hydrogens (tertiary/aromatic N) is 2. The monoisotopic (exact) mass is 318 g/mol. The third kappa shape index (κ3) is 1.96. The van der Waals surface area contributed by atoms with Gasteiger partial charge in [0.2, 0.25) is 0 Å². The van der Waals surface area contributed by atoms with Gasteiger partial charge < -0.3 is 0 Å². The van der Waals surface area contributed by atoms with E-state index in [4.69, 9.17) is 0 Å². The molecule has 0 amide bonds. The van der Waals surface area contributed by atoms with Crippen LogP contribution in [-0.2, 0) is 5.41 Å². The summed E-state index contributed by atoms with van der Waals surface area (Å²) in [6, 6.07) is 22.5. The van der Waals surface area contributed by atoms with Crippen molar-refractivity contribution >= 4 is 0 Å². The lowest BCUT2D eigenvalue weighted by molar-refractivity contribution is -0.0600. The van der Waals surface area contributed by atoms with Gasteiger partial charge in [0.1, 0.15) is 0 Å². The molecule has 0 radical (unpaired) electrons. The van der Waals surface area contributed by atoms with Crippen LogP contribution >= 0.6 is 0 Å². The topological polar surface area (TPSA) is 6.48 Å². The largest absolute Gasteiger partial charge is 0.284 e. The Kier molecular flexibility index (Phi) is 3.33. The van der Waals surface area contributed by atoms with E-state index < -0.39 is 0 Å². The normalized spacial score (nSPS) is 25.3. The minimum Gasteiger partial charge on any atom is -0.284 e. The lowest BCUT2D eigenvalue weighted by atomic mass is 9.71. The molecule has 0 N–H and O–H groups in total. The van der Waals surface area contributed by atoms with Crippen molar-refractivity contribution in [1.29, 1.82) is 0 Å².